The molecule has 1 fully saturated rings. The third-order valence-electron chi connectivity index (χ3n) is 11.2. The smallest absolute Gasteiger partial charge is 0.264 e. The lowest BCUT2D eigenvalue weighted by Crippen LogP contribution is -2.48. The molecule has 4 heterocycles. The van der Waals surface area contributed by atoms with Gasteiger partial charge in [0.25, 0.3) is 11.8 Å². The fraction of sp³-hybridized carbons (Fsp3) is 0.342. The van der Waals surface area contributed by atoms with Gasteiger partial charge in [-0.25, -0.2) is 0 Å². The van der Waals surface area contributed by atoms with Gasteiger partial charge in [-0.3, -0.25) is 19.3 Å². The number of rotatable bonds is 5. The maximum atomic E-state index is 14.4. The highest BCUT2D eigenvalue weighted by molar-refractivity contribution is 6.71. The van der Waals surface area contributed by atoms with Crippen LogP contribution in [0.15, 0.2) is 78.9 Å². The second kappa shape index (κ2) is 10.8. The SMILES string of the molecule is C[C@H]1[C@H]([Si](C)(C)O)[C@@H](CC(=O)N2Cc3ccccc3C[C@H]2CO)O[C@]12C(=O)N(C)c1ccc(N3C(=O)c4cccc5cccc3c45)cc12. The molecular formula is C38H39N3O6Si. The van der Waals surface area contributed by atoms with E-state index in [1.807, 2.05) is 98.9 Å². The minimum Gasteiger partial charge on any atom is -0.432 e. The van der Waals surface area contributed by atoms with Gasteiger partial charge in [0.2, 0.25) is 5.91 Å². The summed E-state index contributed by atoms with van der Waals surface area (Å²) in [6, 6.07) is 24.8. The molecule has 5 atom stereocenters. The van der Waals surface area contributed by atoms with Crippen molar-refractivity contribution in [3.8, 4) is 0 Å². The van der Waals surface area contributed by atoms with Gasteiger partial charge in [0.15, 0.2) is 13.9 Å². The van der Waals surface area contributed by atoms with E-state index in [-0.39, 0.29) is 36.8 Å². The van der Waals surface area contributed by atoms with Crippen LogP contribution in [0, 0.1) is 5.92 Å². The summed E-state index contributed by atoms with van der Waals surface area (Å²) in [6.45, 7) is 5.83. The molecule has 9 nitrogen and oxygen atoms in total. The Morgan fingerprint density at radius 3 is 2.44 bits per heavy atom. The molecule has 0 radical (unpaired) electrons. The van der Waals surface area contributed by atoms with Gasteiger partial charge in [0.05, 0.1) is 42.1 Å². The second-order valence-corrected chi connectivity index (χ2v) is 18.3. The quantitative estimate of drug-likeness (QED) is 0.283. The van der Waals surface area contributed by atoms with Crippen LogP contribution in [0.25, 0.3) is 10.8 Å². The summed E-state index contributed by atoms with van der Waals surface area (Å²) in [5, 5.41) is 12.1. The number of aliphatic hydroxyl groups excluding tert-OH is 1. The van der Waals surface area contributed by atoms with E-state index in [1.165, 1.54) is 0 Å². The first-order valence-corrected chi connectivity index (χ1v) is 19.6. The molecule has 1 spiro atoms. The molecule has 8 rings (SSSR count). The van der Waals surface area contributed by atoms with Crippen LogP contribution in [-0.4, -0.2) is 66.6 Å². The molecule has 0 aromatic heterocycles. The van der Waals surface area contributed by atoms with Gasteiger partial charge < -0.3 is 24.4 Å². The van der Waals surface area contributed by atoms with Crippen LogP contribution in [0.1, 0.15) is 40.4 Å². The number of anilines is 3. The van der Waals surface area contributed by atoms with Gasteiger partial charge in [-0.15, -0.1) is 0 Å². The summed E-state index contributed by atoms with van der Waals surface area (Å²) in [5.41, 5.74) is 3.62. The van der Waals surface area contributed by atoms with E-state index in [1.54, 1.807) is 21.7 Å². The molecule has 48 heavy (non-hydrogen) atoms. The summed E-state index contributed by atoms with van der Waals surface area (Å²) < 4.78 is 6.90. The normalized spacial score (nSPS) is 26.2. The molecule has 4 aromatic rings. The van der Waals surface area contributed by atoms with Gasteiger partial charge in [-0.1, -0.05) is 55.5 Å². The fourth-order valence-corrected chi connectivity index (χ4v) is 11.6. The zero-order valence-corrected chi connectivity index (χ0v) is 28.5. The van der Waals surface area contributed by atoms with Gasteiger partial charge in [0, 0.05) is 41.7 Å². The average Bonchev–Trinajstić information content (AvgIpc) is 3.62. The molecule has 4 aliphatic heterocycles. The van der Waals surface area contributed by atoms with Crippen LogP contribution in [0.3, 0.4) is 0 Å². The highest BCUT2D eigenvalue weighted by Gasteiger charge is 2.66. The Bertz CT molecular complexity index is 2020. The lowest BCUT2D eigenvalue weighted by molar-refractivity contribution is -0.150. The van der Waals surface area contributed by atoms with Crippen molar-refractivity contribution in [2.45, 2.75) is 62.7 Å². The molecule has 0 bridgehead atoms. The van der Waals surface area contributed by atoms with Crippen LogP contribution in [-0.2, 0) is 32.9 Å². The summed E-state index contributed by atoms with van der Waals surface area (Å²) in [4.78, 5) is 59.1. The minimum absolute atomic E-state index is 0.0274. The van der Waals surface area contributed by atoms with E-state index in [9.17, 15) is 24.3 Å². The number of hydrogen-bond acceptors (Lipinski definition) is 6. The second-order valence-electron chi connectivity index (χ2n) is 14.3. The van der Waals surface area contributed by atoms with Crippen molar-refractivity contribution in [1.82, 2.24) is 4.90 Å². The molecule has 3 amide bonds. The van der Waals surface area contributed by atoms with Crippen molar-refractivity contribution in [2.24, 2.45) is 5.92 Å². The number of aliphatic hydroxyl groups is 1. The molecule has 10 heteroatoms. The Labute approximate surface area is 280 Å². The number of hydrogen-bond donors (Lipinski definition) is 2. The zero-order valence-electron chi connectivity index (χ0n) is 27.5. The number of benzene rings is 4. The molecule has 2 N–H and O–H groups in total. The summed E-state index contributed by atoms with van der Waals surface area (Å²) in [6.07, 6.45) is -0.199. The van der Waals surface area contributed by atoms with Crippen LogP contribution >= 0.6 is 0 Å². The van der Waals surface area contributed by atoms with Crippen LogP contribution in [0.5, 0.6) is 0 Å². The molecule has 4 aromatic carbocycles. The topological polar surface area (TPSA) is 111 Å². The number of fused-ring (bicyclic) bond motifs is 3. The Morgan fingerprint density at radius 1 is 0.979 bits per heavy atom. The largest absolute Gasteiger partial charge is 0.432 e. The summed E-state index contributed by atoms with van der Waals surface area (Å²) >= 11 is 0. The third kappa shape index (κ3) is 4.29. The van der Waals surface area contributed by atoms with Crippen molar-refractivity contribution in [3.05, 3.63) is 101 Å². The standard InChI is InChI=1S/C38H39N3O6Si/c1-22-35(48(3,4)46)32(19-33(43)40-20-25-10-6-5-9-24(25)17-27(40)21-42)47-38(22)29-18-26(15-16-30(29)39(2)37(38)45)41-31-14-8-12-23-11-7-13-28(34(23)31)36(41)44/h5-16,18,22,27,32,35,42,46H,17,19-21H2,1-4H3/t22-,27-,32+,35-,38+/m0/s1. The van der Waals surface area contributed by atoms with Crippen molar-refractivity contribution < 1.29 is 29.0 Å². The van der Waals surface area contributed by atoms with Gasteiger partial charge in [-0.05, 0) is 66.4 Å². The van der Waals surface area contributed by atoms with Gasteiger partial charge >= 0.3 is 0 Å². The fourth-order valence-electron chi connectivity index (χ4n) is 9.01. The van der Waals surface area contributed by atoms with E-state index in [0.29, 0.717) is 35.5 Å². The first kappa shape index (κ1) is 30.9. The van der Waals surface area contributed by atoms with Crippen LogP contribution in [0.4, 0.5) is 17.1 Å². The summed E-state index contributed by atoms with van der Waals surface area (Å²) in [5.74, 6) is -1.03. The molecule has 246 valence electrons. The predicted octanol–water partition coefficient (Wildman–Crippen LogP) is 5.24. The van der Waals surface area contributed by atoms with E-state index in [4.69, 9.17) is 4.74 Å². The molecule has 0 unspecified atom stereocenters. The Kier molecular flexibility index (Phi) is 6.98. The maximum absolute atomic E-state index is 14.4. The monoisotopic (exact) mass is 661 g/mol. The summed E-state index contributed by atoms with van der Waals surface area (Å²) in [7, 11) is -1.30. The minimum atomic E-state index is -3.02. The first-order chi connectivity index (χ1) is 23.0. The number of carbonyl (C=O) groups excluding carboxylic acids is 3. The highest BCUT2D eigenvalue weighted by atomic mass is 28.4. The van der Waals surface area contributed by atoms with Crippen LogP contribution < -0.4 is 9.80 Å². The lowest BCUT2D eigenvalue weighted by Gasteiger charge is -2.37. The van der Waals surface area contributed by atoms with Crippen molar-refractivity contribution in [3.63, 3.8) is 0 Å². The average molecular weight is 662 g/mol. The Balaban J connectivity index is 1.18. The lowest BCUT2D eigenvalue weighted by atomic mass is 9.82. The number of carbonyl (C=O) groups is 3. The van der Waals surface area contributed by atoms with Crippen molar-refractivity contribution in [1.29, 1.82) is 0 Å². The molecule has 0 aliphatic carbocycles. The van der Waals surface area contributed by atoms with E-state index >= 15 is 0 Å². The zero-order chi connectivity index (χ0) is 33.7. The number of nitrogens with zero attached hydrogens (tertiary/aromatic N) is 3. The van der Waals surface area contributed by atoms with Crippen LogP contribution in [0.2, 0.25) is 18.6 Å². The third-order valence-corrected chi connectivity index (χ3v) is 13.7. The van der Waals surface area contributed by atoms with Gasteiger partial charge in [0.1, 0.15) is 0 Å². The molecular weight excluding hydrogens is 623 g/mol. The molecule has 4 aliphatic rings. The van der Waals surface area contributed by atoms with E-state index in [0.717, 1.165) is 27.6 Å². The predicted molar refractivity (Wildman–Crippen MR) is 186 cm³/mol. The number of ether oxygens (including phenoxy) is 1. The van der Waals surface area contributed by atoms with Gasteiger partial charge in [-0.2, -0.15) is 0 Å². The first-order valence-electron chi connectivity index (χ1n) is 16.6. The van der Waals surface area contributed by atoms with E-state index < -0.39 is 31.5 Å². The Hall–Kier alpha value is -4.35. The molecule has 0 saturated carbocycles. The van der Waals surface area contributed by atoms with E-state index in [2.05, 4.69) is 0 Å². The number of likely N-dealkylation sites (N-methyl/N-ethyl adjacent to an activating group) is 1. The van der Waals surface area contributed by atoms with Crippen molar-refractivity contribution >= 4 is 53.9 Å². The molecule has 1 saturated heterocycles. The highest BCUT2D eigenvalue weighted by Crippen LogP contribution is 2.60. The Morgan fingerprint density at radius 2 is 1.71 bits per heavy atom. The van der Waals surface area contributed by atoms with Crippen molar-refractivity contribution in [2.75, 3.05) is 23.5 Å². The number of amides is 3. The maximum Gasteiger partial charge on any atom is 0.264 e.